The Morgan fingerprint density at radius 1 is 1.38 bits per heavy atom. The number of hydrogen-bond donors (Lipinski definition) is 1. The first-order valence-corrected chi connectivity index (χ1v) is 6.34. The van der Waals surface area contributed by atoms with Crippen LogP contribution in [0.15, 0.2) is 39.5 Å². The van der Waals surface area contributed by atoms with Gasteiger partial charge >= 0.3 is 0 Å². The SMILES string of the molecule is C[C@H](O)c1ccc(-n2cc(Br)cn2)c(Br)c1. The van der Waals surface area contributed by atoms with Crippen molar-refractivity contribution in [2.24, 2.45) is 0 Å². The number of nitrogens with zero attached hydrogens (tertiary/aromatic N) is 2. The first-order valence-electron chi connectivity index (χ1n) is 4.76. The van der Waals surface area contributed by atoms with Crippen LogP contribution in [0.5, 0.6) is 0 Å². The highest BCUT2D eigenvalue weighted by Crippen LogP contribution is 2.25. The summed E-state index contributed by atoms with van der Waals surface area (Å²) < 4.78 is 3.60. The van der Waals surface area contributed by atoms with Gasteiger partial charge in [0.25, 0.3) is 0 Å². The molecule has 2 aromatic rings. The molecule has 1 N–H and O–H groups in total. The van der Waals surface area contributed by atoms with Gasteiger partial charge in [-0.25, -0.2) is 4.68 Å². The third kappa shape index (κ3) is 2.36. The predicted octanol–water partition coefficient (Wildman–Crippen LogP) is 3.45. The lowest BCUT2D eigenvalue weighted by molar-refractivity contribution is 0.199. The van der Waals surface area contributed by atoms with Crippen LogP contribution < -0.4 is 0 Å². The van der Waals surface area contributed by atoms with Crippen LogP contribution in [0.3, 0.4) is 0 Å². The van der Waals surface area contributed by atoms with Crippen molar-refractivity contribution in [1.82, 2.24) is 9.78 Å². The van der Waals surface area contributed by atoms with E-state index in [9.17, 15) is 5.11 Å². The van der Waals surface area contributed by atoms with Gasteiger partial charge in [-0.05, 0) is 56.5 Å². The van der Waals surface area contributed by atoms with Crippen molar-refractivity contribution in [2.45, 2.75) is 13.0 Å². The van der Waals surface area contributed by atoms with E-state index in [0.717, 1.165) is 20.2 Å². The molecule has 0 saturated heterocycles. The van der Waals surface area contributed by atoms with E-state index < -0.39 is 6.10 Å². The van der Waals surface area contributed by atoms with Gasteiger partial charge in [0.05, 0.1) is 22.5 Å². The van der Waals surface area contributed by atoms with E-state index in [2.05, 4.69) is 37.0 Å². The molecule has 1 heterocycles. The van der Waals surface area contributed by atoms with E-state index in [-0.39, 0.29) is 0 Å². The highest BCUT2D eigenvalue weighted by Gasteiger charge is 2.07. The predicted molar refractivity (Wildman–Crippen MR) is 69.6 cm³/mol. The summed E-state index contributed by atoms with van der Waals surface area (Å²) in [7, 11) is 0. The quantitative estimate of drug-likeness (QED) is 0.905. The van der Waals surface area contributed by atoms with Crippen molar-refractivity contribution in [2.75, 3.05) is 0 Å². The monoisotopic (exact) mass is 344 g/mol. The lowest BCUT2D eigenvalue weighted by atomic mass is 10.1. The highest BCUT2D eigenvalue weighted by atomic mass is 79.9. The number of aliphatic hydroxyl groups is 1. The first kappa shape index (κ1) is 11.8. The summed E-state index contributed by atoms with van der Waals surface area (Å²) in [6.45, 7) is 1.74. The summed E-state index contributed by atoms with van der Waals surface area (Å²) in [6, 6.07) is 5.71. The summed E-state index contributed by atoms with van der Waals surface area (Å²) in [5, 5.41) is 13.7. The van der Waals surface area contributed by atoms with Crippen molar-refractivity contribution < 1.29 is 5.11 Å². The molecule has 0 fully saturated rings. The third-order valence-electron chi connectivity index (χ3n) is 2.25. The molecule has 1 atom stereocenters. The van der Waals surface area contributed by atoms with E-state index in [4.69, 9.17) is 0 Å². The molecule has 0 aliphatic rings. The van der Waals surface area contributed by atoms with Gasteiger partial charge in [0.2, 0.25) is 0 Å². The van der Waals surface area contributed by atoms with Crippen LogP contribution in [-0.4, -0.2) is 14.9 Å². The normalized spacial score (nSPS) is 12.8. The smallest absolute Gasteiger partial charge is 0.0788 e. The maximum atomic E-state index is 9.46. The fraction of sp³-hybridized carbons (Fsp3) is 0.182. The maximum Gasteiger partial charge on any atom is 0.0788 e. The molecule has 0 spiro atoms. The van der Waals surface area contributed by atoms with E-state index in [1.54, 1.807) is 17.8 Å². The fourth-order valence-electron chi connectivity index (χ4n) is 1.40. The molecule has 0 bridgehead atoms. The van der Waals surface area contributed by atoms with Crippen molar-refractivity contribution in [3.05, 3.63) is 45.1 Å². The zero-order valence-electron chi connectivity index (χ0n) is 8.56. The summed E-state index contributed by atoms with van der Waals surface area (Å²) >= 11 is 6.83. The first-order chi connectivity index (χ1) is 7.58. The number of aliphatic hydroxyl groups excluding tert-OH is 1. The van der Waals surface area contributed by atoms with Crippen LogP contribution in [0.1, 0.15) is 18.6 Å². The Bertz CT molecular complexity index is 508. The summed E-state index contributed by atoms with van der Waals surface area (Å²) in [4.78, 5) is 0. The molecule has 1 aromatic carbocycles. The molecule has 0 aliphatic heterocycles. The lowest BCUT2D eigenvalue weighted by Crippen LogP contribution is -1.98. The molecule has 0 unspecified atom stereocenters. The highest BCUT2D eigenvalue weighted by molar-refractivity contribution is 9.10. The molecule has 84 valence electrons. The van der Waals surface area contributed by atoms with Gasteiger partial charge in [-0.15, -0.1) is 0 Å². The second kappa shape index (κ2) is 4.69. The van der Waals surface area contributed by atoms with Gasteiger partial charge < -0.3 is 5.11 Å². The third-order valence-corrected chi connectivity index (χ3v) is 3.30. The second-order valence-electron chi connectivity index (χ2n) is 3.49. The van der Waals surface area contributed by atoms with Crippen molar-refractivity contribution >= 4 is 31.9 Å². The lowest BCUT2D eigenvalue weighted by Gasteiger charge is -2.09. The molecule has 16 heavy (non-hydrogen) atoms. The van der Waals surface area contributed by atoms with Gasteiger partial charge in [-0.3, -0.25) is 0 Å². The van der Waals surface area contributed by atoms with Crippen LogP contribution in [0.4, 0.5) is 0 Å². The van der Waals surface area contributed by atoms with Crippen LogP contribution in [0.2, 0.25) is 0 Å². The molecular weight excluding hydrogens is 336 g/mol. The molecular formula is C11H10Br2N2O. The zero-order chi connectivity index (χ0) is 11.7. The second-order valence-corrected chi connectivity index (χ2v) is 5.26. The van der Waals surface area contributed by atoms with Crippen molar-refractivity contribution in [3.63, 3.8) is 0 Å². The molecule has 2 rings (SSSR count). The largest absolute Gasteiger partial charge is 0.389 e. The Hall–Kier alpha value is -0.650. The molecule has 0 saturated carbocycles. The van der Waals surface area contributed by atoms with Gasteiger partial charge in [0.15, 0.2) is 0 Å². The van der Waals surface area contributed by atoms with Gasteiger partial charge in [-0.2, -0.15) is 5.10 Å². The van der Waals surface area contributed by atoms with Gasteiger partial charge in [0.1, 0.15) is 0 Å². The Labute approximate surface area is 110 Å². The van der Waals surface area contributed by atoms with E-state index in [0.29, 0.717) is 0 Å². The molecule has 0 aliphatic carbocycles. The number of benzene rings is 1. The summed E-state index contributed by atoms with van der Waals surface area (Å²) in [6.07, 6.45) is 3.15. The fourth-order valence-corrected chi connectivity index (χ4v) is 2.27. The number of rotatable bonds is 2. The standard InChI is InChI=1S/C11H10Br2N2O/c1-7(16)8-2-3-11(10(13)4-8)15-6-9(12)5-14-15/h2-7,16H,1H3/t7-/m0/s1. The number of aromatic nitrogens is 2. The number of halogens is 2. The molecule has 1 aromatic heterocycles. The molecule has 5 heteroatoms. The van der Waals surface area contributed by atoms with Gasteiger partial charge in [-0.1, -0.05) is 6.07 Å². The average molecular weight is 346 g/mol. The number of hydrogen-bond acceptors (Lipinski definition) is 2. The summed E-state index contributed by atoms with van der Waals surface area (Å²) in [5.41, 5.74) is 1.82. The minimum Gasteiger partial charge on any atom is -0.389 e. The van der Waals surface area contributed by atoms with E-state index in [1.165, 1.54) is 0 Å². The summed E-state index contributed by atoms with van der Waals surface area (Å²) in [5.74, 6) is 0. The van der Waals surface area contributed by atoms with Crippen LogP contribution >= 0.6 is 31.9 Å². The van der Waals surface area contributed by atoms with Crippen molar-refractivity contribution in [3.8, 4) is 5.69 Å². The van der Waals surface area contributed by atoms with Crippen LogP contribution in [-0.2, 0) is 0 Å². The topological polar surface area (TPSA) is 38.0 Å². The molecule has 0 amide bonds. The van der Waals surface area contributed by atoms with E-state index in [1.807, 2.05) is 24.4 Å². The van der Waals surface area contributed by atoms with Crippen LogP contribution in [0.25, 0.3) is 5.69 Å². The Morgan fingerprint density at radius 2 is 2.12 bits per heavy atom. The van der Waals surface area contributed by atoms with Crippen molar-refractivity contribution in [1.29, 1.82) is 0 Å². The Kier molecular flexibility index (Phi) is 3.47. The maximum absolute atomic E-state index is 9.46. The molecule has 0 radical (unpaired) electrons. The Morgan fingerprint density at radius 3 is 2.62 bits per heavy atom. The van der Waals surface area contributed by atoms with Crippen LogP contribution in [0, 0.1) is 0 Å². The Balaban J connectivity index is 2.44. The van der Waals surface area contributed by atoms with Gasteiger partial charge in [0, 0.05) is 10.7 Å². The average Bonchev–Trinajstić information content (AvgIpc) is 2.64. The zero-order valence-corrected chi connectivity index (χ0v) is 11.7. The van der Waals surface area contributed by atoms with E-state index >= 15 is 0 Å². The molecule has 3 nitrogen and oxygen atoms in total. The minimum absolute atomic E-state index is 0.463. The minimum atomic E-state index is -0.463.